The van der Waals surface area contributed by atoms with Crippen LogP contribution in [0.3, 0.4) is 0 Å². The number of carbonyl (C=O) groups excluding carboxylic acids is 2. The molecular weight excluding hydrogens is 196 g/mol. The van der Waals surface area contributed by atoms with E-state index < -0.39 is 17.9 Å². The van der Waals surface area contributed by atoms with E-state index >= 15 is 0 Å². The number of amides is 1. The third-order valence-corrected chi connectivity index (χ3v) is 2.03. The van der Waals surface area contributed by atoms with Gasteiger partial charge in [0.25, 0.3) is 0 Å². The summed E-state index contributed by atoms with van der Waals surface area (Å²) in [6, 6.07) is 5.67. The molecule has 0 bridgehead atoms. The molecule has 0 radical (unpaired) electrons. The van der Waals surface area contributed by atoms with E-state index in [4.69, 9.17) is 5.73 Å². The normalized spacial score (nSPS) is 12.1. The lowest BCUT2D eigenvalue weighted by molar-refractivity contribution is -0.437. The lowest BCUT2D eigenvalue weighted by Crippen LogP contribution is -2.69. The average Bonchev–Trinajstić information content (AvgIpc) is 2.18. The molecule has 5 nitrogen and oxygen atoms in total. The third kappa shape index (κ3) is 3.07. The number of rotatable bonds is 4. The molecule has 0 fully saturated rings. The van der Waals surface area contributed by atoms with Crippen molar-refractivity contribution in [3.05, 3.63) is 35.4 Å². The quantitative estimate of drug-likeness (QED) is 0.579. The van der Waals surface area contributed by atoms with Gasteiger partial charge in [0, 0.05) is 12.0 Å². The smallest absolute Gasteiger partial charge is 0.248 e. The van der Waals surface area contributed by atoms with E-state index in [1.54, 1.807) is 24.3 Å². The van der Waals surface area contributed by atoms with Crippen molar-refractivity contribution in [3.63, 3.8) is 0 Å². The van der Waals surface area contributed by atoms with Crippen molar-refractivity contribution in [3.8, 4) is 0 Å². The molecule has 1 aromatic rings. The fourth-order valence-electron chi connectivity index (χ4n) is 1.22. The van der Waals surface area contributed by atoms with Gasteiger partial charge in [0.1, 0.15) is 6.04 Å². The molecule has 1 rings (SSSR count). The predicted octanol–water partition coefficient (Wildman–Crippen LogP) is -2.31. The van der Waals surface area contributed by atoms with Gasteiger partial charge in [-0.2, -0.15) is 0 Å². The van der Waals surface area contributed by atoms with Crippen LogP contribution in [0.2, 0.25) is 0 Å². The number of quaternary nitrogens is 1. The Morgan fingerprint density at radius 2 is 2.13 bits per heavy atom. The molecule has 0 saturated carbocycles. The van der Waals surface area contributed by atoms with Crippen molar-refractivity contribution < 1.29 is 20.4 Å². The fourth-order valence-corrected chi connectivity index (χ4v) is 1.22. The van der Waals surface area contributed by atoms with E-state index in [1.807, 2.05) is 0 Å². The Hall–Kier alpha value is -1.88. The number of primary amides is 1. The maximum absolute atomic E-state index is 10.9. The summed E-state index contributed by atoms with van der Waals surface area (Å²) >= 11 is 0. The van der Waals surface area contributed by atoms with Crippen LogP contribution in [0, 0.1) is 0 Å². The maximum atomic E-state index is 10.9. The number of carboxylic acid groups (broad SMARTS) is 1. The lowest BCUT2D eigenvalue weighted by atomic mass is 10.0. The predicted molar refractivity (Wildman–Crippen MR) is 50.3 cm³/mol. The Labute approximate surface area is 86.7 Å². The van der Waals surface area contributed by atoms with E-state index in [0.29, 0.717) is 11.1 Å². The largest absolute Gasteiger partial charge is 0.544 e. The summed E-state index contributed by atoms with van der Waals surface area (Å²) in [6.45, 7) is 0. The Kier molecular flexibility index (Phi) is 3.41. The molecule has 1 amide bonds. The number of carbonyl (C=O) groups is 2. The second kappa shape index (κ2) is 4.56. The number of hydrogen-bond donors (Lipinski definition) is 2. The van der Waals surface area contributed by atoms with Crippen LogP contribution >= 0.6 is 0 Å². The lowest BCUT2D eigenvalue weighted by Gasteiger charge is -2.09. The standard InChI is InChI=1S/C10H12N2O3/c11-8(10(14)15)5-6-2-1-3-7(4-6)9(12)13/h1-4,8H,5,11H2,(H2,12,13)(H,14,15)/t8-/m0/s1. The average molecular weight is 208 g/mol. The Bertz CT molecular complexity index is 390. The first-order valence-corrected chi connectivity index (χ1v) is 4.43. The number of hydrogen-bond acceptors (Lipinski definition) is 3. The Morgan fingerprint density at radius 1 is 1.47 bits per heavy atom. The van der Waals surface area contributed by atoms with E-state index in [9.17, 15) is 14.7 Å². The molecule has 1 atom stereocenters. The second-order valence-corrected chi connectivity index (χ2v) is 3.28. The van der Waals surface area contributed by atoms with E-state index in [-0.39, 0.29) is 6.42 Å². The van der Waals surface area contributed by atoms with Gasteiger partial charge in [-0.05, 0) is 17.7 Å². The zero-order chi connectivity index (χ0) is 11.4. The first-order valence-electron chi connectivity index (χ1n) is 4.43. The van der Waals surface area contributed by atoms with Gasteiger partial charge in [0.15, 0.2) is 0 Å². The van der Waals surface area contributed by atoms with Crippen molar-refractivity contribution in [2.75, 3.05) is 0 Å². The van der Waals surface area contributed by atoms with Gasteiger partial charge in [-0.1, -0.05) is 12.1 Å². The van der Waals surface area contributed by atoms with Crippen LogP contribution < -0.4 is 16.6 Å². The van der Waals surface area contributed by atoms with Crippen molar-refractivity contribution in [2.24, 2.45) is 5.73 Å². The molecule has 0 spiro atoms. The van der Waals surface area contributed by atoms with Gasteiger partial charge < -0.3 is 21.4 Å². The summed E-state index contributed by atoms with van der Waals surface area (Å²) in [5, 5.41) is 10.5. The van der Waals surface area contributed by atoms with Crippen molar-refractivity contribution in [2.45, 2.75) is 12.5 Å². The van der Waals surface area contributed by atoms with Crippen LogP contribution in [0.15, 0.2) is 24.3 Å². The van der Waals surface area contributed by atoms with Gasteiger partial charge in [-0.25, -0.2) is 0 Å². The molecule has 0 aliphatic heterocycles. The maximum Gasteiger partial charge on any atom is 0.248 e. The van der Waals surface area contributed by atoms with Crippen LogP contribution in [-0.2, 0) is 11.2 Å². The monoisotopic (exact) mass is 208 g/mol. The van der Waals surface area contributed by atoms with E-state index in [2.05, 4.69) is 5.73 Å². The Morgan fingerprint density at radius 3 is 2.67 bits per heavy atom. The highest BCUT2D eigenvalue weighted by atomic mass is 16.4. The molecule has 0 saturated heterocycles. The molecule has 0 aromatic heterocycles. The van der Waals surface area contributed by atoms with Gasteiger partial charge in [-0.3, -0.25) is 4.79 Å². The highest BCUT2D eigenvalue weighted by Gasteiger charge is 2.09. The van der Waals surface area contributed by atoms with Crippen LogP contribution in [-0.4, -0.2) is 17.9 Å². The van der Waals surface area contributed by atoms with Gasteiger partial charge in [-0.15, -0.1) is 0 Å². The minimum Gasteiger partial charge on any atom is -0.544 e. The van der Waals surface area contributed by atoms with Gasteiger partial charge in [0.05, 0.1) is 5.97 Å². The number of carboxylic acids is 1. The zero-order valence-corrected chi connectivity index (χ0v) is 8.10. The minimum atomic E-state index is -1.21. The third-order valence-electron chi connectivity index (χ3n) is 2.03. The highest BCUT2D eigenvalue weighted by Crippen LogP contribution is 2.06. The number of nitrogens with two attached hydrogens (primary N) is 1. The Balaban J connectivity index is 2.82. The number of benzene rings is 1. The summed E-state index contributed by atoms with van der Waals surface area (Å²) in [6.07, 6.45) is 0.226. The molecule has 15 heavy (non-hydrogen) atoms. The van der Waals surface area contributed by atoms with Gasteiger partial charge in [0.2, 0.25) is 5.91 Å². The second-order valence-electron chi connectivity index (χ2n) is 3.28. The SMILES string of the molecule is NC(=O)c1cccc(C[C@H]([NH3+])C(=O)[O-])c1. The molecule has 80 valence electrons. The van der Waals surface area contributed by atoms with Crippen LogP contribution in [0.25, 0.3) is 0 Å². The molecule has 1 aromatic carbocycles. The summed E-state index contributed by atoms with van der Waals surface area (Å²) in [5.74, 6) is -1.75. The van der Waals surface area contributed by atoms with Crippen molar-refractivity contribution in [1.29, 1.82) is 0 Å². The van der Waals surface area contributed by atoms with Crippen molar-refractivity contribution >= 4 is 11.9 Å². The van der Waals surface area contributed by atoms with Crippen LogP contribution in [0.5, 0.6) is 0 Å². The van der Waals surface area contributed by atoms with Crippen molar-refractivity contribution in [1.82, 2.24) is 0 Å². The summed E-state index contributed by atoms with van der Waals surface area (Å²) in [7, 11) is 0. The minimum absolute atomic E-state index is 0.226. The zero-order valence-electron chi connectivity index (χ0n) is 8.10. The topological polar surface area (TPSA) is 111 Å². The fraction of sp³-hybridized carbons (Fsp3) is 0.200. The molecular formula is C10H12N2O3. The molecule has 5 heteroatoms. The highest BCUT2D eigenvalue weighted by molar-refractivity contribution is 5.92. The molecule has 5 N–H and O–H groups in total. The van der Waals surface area contributed by atoms with Crippen LogP contribution in [0.4, 0.5) is 0 Å². The summed E-state index contributed by atoms with van der Waals surface area (Å²) in [4.78, 5) is 21.3. The molecule has 0 unspecified atom stereocenters. The summed E-state index contributed by atoms with van der Waals surface area (Å²) in [5.41, 5.74) is 9.58. The first-order chi connectivity index (χ1) is 7.00. The number of aliphatic carboxylic acids is 1. The van der Waals surface area contributed by atoms with Crippen LogP contribution in [0.1, 0.15) is 15.9 Å². The first kappa shape index (κ1) is 11.2. The van der Waals surface area contributed by atoms with Gasteiger partial charge >= 0.3 is 0 Å². The summed E-state index contributed by atoms with van der Waals surface area (Å²) < 4.78 is 0. The van der Waals surface area contributed by atoms with E-state index in [0.717, 1.165) is 0 Å². The van der Waals surface area contributed by atoms with E-state index in [1.165, 1.54) is 0 Å². The molecule has 0 aliphatic rings. The molecule has 0 aliphatic carbocycles. The molecule has 0 heterocycles.